The lowest BCUT2D eigenvalue weighted by Crippen LogP contribution is -2.19. The highest BCUT2D eigenvalue weighted by atomic mass is 16.5. The van der Waals surface area contributed by atoms with Gasteiger partial charge in [0.15, 0.2) is 5.75 Å². The molecule has 2 heterocycles. The SMILES string of the molecule is COc1cnn(C(C)C)c1C(N)c1ccc2c(c1)COC2. The third-order valence-corrected chi connectivity index (χ3v) is 3.91. The number of aromatic nitrogens is 2. The van der Waals surface area contributed by atoms with E-state index in [0.717, 1.165) is 17.0 Å². The van der Waals surface area contributed by atoms with E-state index in [0.29, 0.717) is 13.2 Å². The Morgan fingerprint density at radius 2 is 2.05 bits per heavy atom. The molecule has 0 spiro atoms. The zero-order valence-corrected chi connectivity index (χ0v) is 12.7. The lowest BCUT2D eigenvalue weighted by atomic mass is 9.99. The standard InChI is InChI=1S/C16H21N3O2/c1-10(2)19-16(14(20-3)7-18-19)15(17)11-4-5-12-8-21-9-13(12)6-11/h4-7,10,15H,8-9,17H2,1-3H3. The van der Waals surface area contributed by atoms with Crippen LogP contribution < -0.4 is 10.5 Å². The van der Waals surface area contributed by atoms with Gasteiger partial charge in [-0.1, -0.05) is 18.2 Å². The zero-order valence-electron chi connectivity index (χ0n) is 12.7. The van der Waals surface area contributed by atoms with Gasteiger partial charge in [-0.3, -0.25) is 4.68 Å². The van der Waals surface area contributed by atoms with E-state index in [1.807, 2.05) is 4.68 Å². The van der Waals surface area contributed by atoms with E-state index < -0.39 is 0 Å². The minimum absolute atomic E-state index is 0.229. The van der Waals surface area contributed by atoms with Crippen LogP contribution in [0, 0.1) is 0 Å². The molecule has 1 aromatic heterocycles. The fourth-order valence-electron chi connectivity index (χ4n) is 2.76. The maximum atomic E-state index is 6.49. The summed E-state index contributed by atoms with van der Waals surface area (Å²) < 4.78 is 12.8. The zero-order chi connectivity index (χ0) is 15.0. The summed E-state index contributed by atoms with van der Waals surface area (Å²) in [6, 6.07) is 6.25. The van der Waals surface area contributed by atoms with Gasteiger partial charge >= 0.3 is 0 Å². The molecule has 0 amide bonds. The van der Waals surface area contributed by atoms with Crippen molar-refractivity contribution in [2.24, 2.45) is 5.73 Å². The van der Waals surface area contributed by atoms with Gasteiger partial charge in [0, 0.05) is 6.04 Å². The molecule has 2 aromatic rings. The first kappa shape index (κ1) is 14.1. The second-order valence-electron chi connectivity index (χ2n) is 5.64. The van der Waals surface area contributed by atoms with E-state index in [1.165, 1.54) is 11.1 Å². The van der Waals surface area contributed by atoms with E-state index >= 15 is 0 Å². The van der Waals surface area contributed by atoms with Gasteiger partial charge in [-0.05, 0) is 30.5 Å². The summed E-state index contributed by atoms with van der Waals surface area (Å²) in [5.41, 5.74) is 10.9. The Hall–Kier alpha value is -1.85. The lowest BCUT2D eigenvalue weighted by molar-refractivity contribution is 0.134. The van der Waals surface area contributed by atoms with Crippen molar-refractivity contribution in [3.63, 3.8) is 0 Å². The van der Waals surface area contributed by atoms with Crippen LogP contribution in [-0.2, 0) is 18.0 Å². The molecular weight excluding hydrogens is 266 g/mol. The molecule has 1 atom stereocenters. The monoisotopic (exact) mass is 287 g/mol. The van der Waals surface area contributed by atoms with Crippen LogP contribution in [0.25, 0.3) is 0 Å². The minimum atomic E-state index is -0.268. The van der Waals surface area contributed by atoms with Crippen LogP contribution in [0.2, 0.25) is 0 Å². The van der Waals surface area contributed by atoms with Crippen molar-refractivity contribution in [1.29, 1.82) is 0 Å². The second-order valence-corrected chi connectivity index (χ2v) is 5.64. The van der Waals surface area contributed by atoms with Crippen molar-refractivity contribution in [3.8, 4) is 5.75 Å². The highest BCUT2D eigenvalue weighted by molar-refractivity contribution is 5.40. The first-order valence-electron chi connectivity index (χ1n) is 7.18. The Morgan fingerprint density at radius 1 is 1.29 bits per heavy atom. The summed E-state index contributed by atoms with van der Waals surface area (Å²) in [6.45, 7) is 5.52. The van der Waals surface area contributed by atoms with E-state index in [4.69, 9.17) is 15.2 Å². The number of nitrogens with zero attached hydrogens (tertiary/aromatic N) is 2. The normalized spacial score (nSPS) is 15.3. The molecule has 0 radical (unpaired) electrons. The number of methoxy groups -OCH3 is 1. The summed E-state index contributed by atoms with van der Waals surface area (Å²) >= 11 is 0. The molecule has 112 valence electrons. The Labute approximate surface area is 124 Å². The molecule has 1 aromatic carbocycles. The Bertz CT molecular complexity index is 649. The van der Waals surface area contributed by atoms with Gasteiger partial charge in [-0.2, -0.15) is 5.10 Å². The molecular formula is C16H21N3O2. The molecule has 0 aliphatic carbocycles. The third-order valence-electron chi connectivity index (χ3n) is 3.91. The average Bonchev–Trinajstić information content (AvgIpc) is 3.11. The van der Waals surface area contributed by atoms with Crippen LogP contribution in [0.15, 0.2) is 24.4 Å². The predicted octanol–water partition coefficient (Wildman–Crippen LogP) is 2.55. The maximum Gasteiger partial charge on any atom is 0.161 e. The van der Waals surface area contributed by atoms with Crippen molar-refractivity contribution < 1.29 is 9.47 Å². The topological polar surface area (TPSA) is 62.3 Å². The number of fused-ring (bicyclic) bond motifs is 1. The molecule has 0 bridgehead atoms. The van der Waals surface area contributed by atoms with Crippen molar-refractivity contribution in [2.75, 3.05) is 7.11 Å². The number of hydrogen-bond acceptors (Lipinski definition) is 4. The predicted molar refractivity (Wildman–Crippen MR) is 80.1 cm³/mol. The van der Waals surface area contributed by atoms with Crippen LogP contribution in [0.5, 0.6) is 5.75 Å². The van der Waals surface area contributed by atoms with Crippen molar-refractivity contribution in [2.45, 2.75) is 39.1 Å². The quantitative estimate of drug-likeness (QED) is 0.938. The molecule has 1 aliphatic heterocycles. The molecule has 2 N–H and O–H groups in total. The van der Waals surface area contributed by atoms with Gasteiger partial charge in [0.05, 0.1) is 32.6 Å². The summed E-state index contributed by atoms with van der Waals surface area (Å²) in [7, 11) is 1.65. The van der Waals surface area contributed by atoms with E-state index in [2.05, 4.69) is 37.1 Å². The minimum Gasteiger partial charge on any atom is -0.493 e. The third kappa shape index (κ3) is 2.43. The summed E-state index contributed by atoms with van der Waals surface area (Å²) in [5.74, 6) is 0.730. The highest BCUT2D eigenvalue weighted by Crippen LogP contribution is 2.32. The number of ether oxygens (including phenoxy) is 2. The van der Waals surface area contributed by atoms with Gasteiger partial charge in [-0.25, -0.2) is 0 Å². The number of hydrogen-bond donors (Lipinski definition) is 1. The molecule has 1 unspecified atom stereocenters. The number of rotatable bonds is 4. The van der Waals surface area contributed by atoms with Crippen LogP contribution in [-0.4, -0.2) is 16.9 Å². The van der Waals surface area contributed by atoms with E-state index in [1.54, 1.807) is 13.3 Å². The summed E-state index contributed by atoms with van der Waals surface area (Å²) in [6.07, 6.45) is 1.73. The first-order chi connectivity index (χ1) is 10.1. The molecule has 3 rings (SSSR count). The molecule has 5 heteroatoms. The Kier molecular flexibility index (Phi) is 3.69. The van der Waals surface area contributed by atoms with Crippen LogP contribution in [0.3, 0.4) is 0 Å². The van der Waals surface area contributed by atoms with Crippen LogP contribution >= 0.6 is 0 Å². The maximum absolute atomic E-state index is 6.49. The Morgan fingerprint density at radius 3 is 2.76 bits per heavy atom. The largest absolute Gasteiger partial charge is 0.493 e. The molecule has 0 saturated heterocycles. The molecule has 1 aliphatic rings. The number of nitrogens with two attached hydrogens (primary N) is 1. The van der Waals surface area contributed by atoms with Gasteiger partial charge in [0.25, 0.3) is 0 Å². The summed E-state index contributed by atoms with van der Waals surface area (Å²) in [5, 5.41) is 4.39. The Balaban J connectivity index is 2.02. The van der Waals surface area contributed by atoms with Crippen molar-refractivity contribution in [3.05, 3.63) is 46.8 Å². The van der Waals surface area contributed by atoms with E-state index in [9.17, 15) is 0 Å². The fraction of sp³-hybridized carbons (Fsp3) is 0.438. The van der Waals surface area contributed by atoms with Gasteiger partial charge in [-0.15, -0.1) is 0 Å². The lowest BCUT2D eigenvalue weighted by Gasteiger charge is -2.19. The fourth-order valence-corrected chi connectivity index (χ4v) is 2.76. The van der Waals surface area contributed by atoms with Crippen LogP contribution in [0.1, 0.15) is 48.3 Å². The molecule has 0 fully saturated rings. The highest BCUT2D eigenvalue weighted by Gasteiger charge is 2.23. The van der Waals surface area contributed by atoms with Crippen LogP contribution in [0.4, 0.5) is 0 Å². The molecule has 0 saturated carbocycles. The molecule has 21 heavy (non-hydrogen) atoms. The van der Waals surface area contributed by atoms with Crippen molar-refractivity contribution >= 4 is 0 Å². The van der Waals surface area contributed by atoms with E-state index in [-0.39, 0.29) is 12.1 Å². The van der Waals surface area contributed by atoms with Gasteiger partial charge in [0.2, 0.25) is 0 Å². The average molecular weight is 287 g/mol. The van der Waals surface area contributed by atoms with Gasteiger partial charge < -0.3 is 15.2 Å². The van der Waals surface area contributed by atoms with Crippen molar-refractivity contribution in [1.82, 2.24) is 9.78 Å². The summed E-state index contributed by atoms with van der Waals surface area (Å²) in [4.78, 5) is 0. The first-order valence-corrected chi connectivity index (χ1v) is 7.18. The molecule has 5 nitrogen and oxygen atoms in total. The number of benzene rings is 1. The smallest absolute Gasteiger partial charge is 0.161 e. The van der Waals surface area contributed by atoms with Gasteiger partial charge in [0.1, 0.15) is 5.69 Å². The second kappa shape index (κ2) is 5.50.